The summed E-state index contributed by atoms with van der Waals surface area (Å²) in [5.41, 5.74) is 7.85. The quantitative estimate of drug-likeness (QED) is 0.601. The number of aromatic carboxylic acids is 1. The topological polar surface area (TPSA) is 122 Å². The van der Waals surface area contributed by atoms with Crippen LogP contribution in [0, 0.1) is 0 Å². The molecule has 2 aromatic carbocycles. The van der Waals surface area contributed by atoms with Crippen LogP contribution in [0.5, 0.6) is 5.75 Å². The average Bonchev–Trinajstić information content (AvgIpc) is 3.40. The van der Waals surface area contributed by atoms with Gasteiger partial charge in [-0.25, -0.2) is 4.79 Å². The average molecular weight is 366 g/mol. The Kier molecular flexibility index (Phi) is 4.17. The summed E-state index contributed by atoms with van der Waals surface area (Å²) in [4.78, 5) is 23.9. The number of hydrogen-bond donors (Lipinski definition) is 4. The van der Waals surface area contributed by atoms with Crippen molar-refractivity contribution in [1.82, 2.24) is 5.32 Å². The fraction of sp³-hybridized carbons (Fsp3) is 0.263. The number of nitrogens with one attached hydrogen (secondary N) is 1. The van der Waals surface area contributed by atoms with Crippen molar-refractivity contribution >= 4 is 19.0 Å². The highest BCUT2D eigenvalue weighted by atomic mass is 16.5. The number of carboxylic acid groups (broad SMARTS) is 1. The van der Waals surface area contributed by atoms with Crippen LogP contribution in [-0.4, -0.2) is 35.1 Å². The molecule has 0 spiro atoms. The van der Waals surface area contributed by atoms with Crippen LogP contribution in [0.15, 0.2) is 42.5 Å². The van der Waals surface area contributed by atoms with Gasteiger partial charge in [0.25, 0.3) is 5.91 Å². The van der Waals surface area contributed by atoms with Crippen LogP contribution in [0.4, 0.5) is 0 Å². The molecule has 0 aromatic heterocycles. The number of amides is 1. The number of carbonyl (C=O) groups is 2. The second-order valence-corrected chi connectivity index (χ2v) is 7.13. The maximum Gasteiger partial charge on any atom is 0.547 e. The van der Waals surface area contributed by atoms with Crippen LogP contribution in [-0.2, 0) is 12.0 Å². The van der Waals surface area contributed by atoms with Crippen molar-refractivity contribution in [1.29, 1.82) is 0 Å². The fourth-order valence-corrected chi connectivity index (χ4v) is 3.36. The molecule has 2 aliphatic rings. The number of benzene rings is 2. The molecule has 4 rings (SSSR count). The maximum absolute atomic E-state index is 12.6. The summed E-state index contributed by atoms with van der Waals surface area (Å²) in [5, 5.41) is 22.3. The number of carbonyl (C=O) groups excluding carboxylic acids is 1. The van der Waals surface area contributed by atoms with Gasteiger partial charge in [0, 0.05) is 11.1 Å². The predicted octanol–water partition coefficient (Wildman–Crippen LogP) is 1.09. The van der Waals surface area contributed by atoms with Gasteiger partial charge in [-0.2, -0.15) is 0 Å². The van der Waals surface area contributed by atoms with Crippen molar-refractivity contribution < 1.29 is 24.4 Å². The van der Waals surface area contributed by atoms with Crippen LogP contribution in [0.25, 0.3) is 0 Å². The highest BCUT2D eigenvalue weighted by molar-refractivity contribution is 6.47. The zero-order chi connectivity index (χ0) is 19.2. The SMILES string of the molecule is NC1(c2cccc(C(=O)N[C@H]3Cc4cccc(C(=O)O)c4OB3O)c2)CC1. The molecule has 1 aliphatic heterocycles. The number of nitrogens with two attached hydrogens (primary N) is 1. The first-order valence-electron chi connectivity index (χ1n) is 8.77. The van der Waals surface area contributed by atoms with Gasteiger partial charge in [-0.1, -0.05) is 24.3 Å². The number of fused-ring (bicyclic) bond motifs is 1. The lowest BCUT2D eigenvalue weighted by atomic mass is 9.72. The molecular weight excluding hydrogens is 347 g/mol. The van der Waals surface area contributed by atoms with Crippen molar-refractivity contribution in [2.75, 3.05) is 0 Å². The summed E-state index contributed by atoms with van der Waals surface area (Å²) in [6.45, 7) is 0. The molecular formula is C19H19BN2O5. The van der Waals surface area contributed by atoms with E-state index in [1.54, 1.807) is 30.3 Å². The minimum atomic E-state index is -1.34. The van der Waals surface area contributed by atoms with E-state index in [9.17, 15) is 19.7 Å². The Morgan fingerprint density at radius 1 is 1.22 bits per heavy atom. The molecule has 0 bridgehead atoms. The van der Waals surface area contributed by atoms with E-state index in [1.165, 1.54) is 6.07 Å². The molecule has 0 unspecified atom stereocenters. The van der Waals surface area contributed by atoms with Crippen molar-refractivity contribution in [2.24, 2.45) is 5.73 Å². The van der Waals surface area contributed by atoms with E-state index in [0.29, 0.717) is 11.1 Å². The van der Waals surface area contributed by atoms with Crippen LogP contribution in [0.2, 0.25) is 0 Å². The van der Waals surface area contributed by atoms with E-state index in [2.05, 4.69) is 5.32 Å². The largest absolute Gasteiger partial charge is 0.547 e. The van der Waals surface area contributed by atoms with E-state index in [-0.39, 0.29) is 29.2 Å². The Balaban J connectivity index is 1.53. The van der Waals surface area contributed by atoms with E-state index in [4.69, 9.17) is 10.4 Å². The second kappa shape index (κ2) is 6.40. The standard InChI is InChI=1S/C19H19BN2O5/c21-19(7-8-19)13-5-1-4-12(9-13)17(23)22-15-10-11-3-2-6-14(18(24)25)16(11)27-20(15)26/h1-6,9,15,26H,7-8,10,21H2,(H,22,23)(H,24,25)/t15-/m0/s1. The molecule has 0 saturated heterocycles. The van der Waals surface area contributed by atoms with Crippen LogP contribution in [0.1, 0.15) is 44.7 Å². The zero-order valence-corrected chi connectivity index (χ0v) is 14.5. The molecule has 138 valence electrons. The summed E-state index contributed by atoms with van der Waals surface area (Å²) in [6.07, 6.45) is 2.07. The normalized spacial score (nSPS) is 19.6. The van der Waals surface area contributed by atoms with Gasteiger partial charge in [-0.05, 0) is 48.6 Å². The third-order valence-corrected chi connectivity index (χ3v) is 5.15. The van der Waals surface area contributed by atoms with Crippen LogP contribution in [0.3, 0.4) is 0 Å². The first kappa shape index (κ1) is 17.6. The van der Waals surface area contributed by atoms with Gasteiger partial charge < -0.3 is 25.8 Å². The lowest BCUT2D eigenvalue weighted by molar-refractivity contribution is 0.0693. The summed E-state index contributed by atoms with van der Waals surface area (Å²) < 4.78 is 5.40. The van der Waals surface area contributed by atoms with Gasteiger partial charge in [-0.3, -0.25) is 4.79 Å². The molecule has 1 aliphatic carbocycles. The minimum Gasteiger partial charge on any atom is -0.534 e. The first-order chi connectivity index (χ1) is 12.9. The number of carboxylic acids is 1. The fourth-order valence-electron chi connectivity index (χ4n) is 3.36. The molecule has 1 atom stereocenters. The minimum absolute atomic E-state index is 0.0123. The Labute approximate surface area is 156 Å². The van der Waals surface area contributed by atoms with E-state index < -0.39 is 19.0 Å². The van der Waals surface area contributed by atoms with Crippen molar-refractivity contribution in [2.45, 2.75) is 30.7 Å². The Bertz CT molecular complexity index is 928. The van der Waals surface area contributed by atoms with E-state index in [1.807, 2.05) is 6.07 Å². The van der Waals surface area contributed by atoms with Crippen molar-refractivity contribution in [3.63, 3.8) is 0 Å². The Morgan fingerprint density at radius 2 is 1.96 bits per heavy atom. The summed E-state index contributed by atoms with van der Waals surface area (Å²) in [7, 11) is -1.34. The molecule has 1 saturated carbocycles. The summed E-state index contributed by atoms with van der Waals surface area (Å²) >= 11 is 0. The molecule has 27 heavy (non-hydrogen) atoms. The lowest BCUT2D eigenvalue weighted by Crippen LogP contribution is -2.53. The smallest absolute Gasteiger partial charge is 0.534 e. The molecule has 1 fully saturated rings. The summed E-state index contributed by atoms with van der Waals surface area (Å²) in [6, 6.07) is 11.9. The van der Waals surface area contributed by atoms with Gasteiger partial charge >= 0.3 is 13.1 Å². The third-order valence-electron chi connectivity index (χ3n) is 5.15. The maximum atomic E-state index is 12.6. The van der Waals surface area contributed by atoms with Gasteiger partial charge in [0.2, 0.25) is 0 Å². The molecule has 8 heteroatoms. The van der Waals surface area contributed by atoms with Crippen LogP contribution >= 0.6 is 0 Å². The third kappa shape index (κ3) is 3.29. The second-order valence-electron chi connectivity index (χ2n) is 7.13. The van der Waals surface area contributed by atoms with Crippen molar-refractivity contribution in [3.8, 4) is 5.75 Å². The van der Waals surface area contributed by atoms with Crippen LogP contribution < -0.4 is 15.7 Å². The molecule has 1 heterocycles. The van der Waals surface area contributed by atoms with Gasteiger partial charge in [0.1, 0.15) is 5.75 Å². The molecule has 5 N–H and O–H groups in total. The predicted molar refractivity (Wildman–Crippen MR) is 98.5 cm³/mol. The first-order valence-corrected chi connectivity index (χ1v) is 8.77. The number of rotatable bonds is 4. The number of hydrogen-bond acceptors (Lipinski definition) is 5. The highest BCUT2D eigenvalue weighted by Crippen LogP contribution is 2.42. The Hall–Kier alpha value is -2.84. The van der Waals surface area contributed by atoms with Crippen molar-refractivity contribution in [3.05, 3.63) is 64.7 Å². The molecule has 0 radical (unpaired) electrons. The summed E-state index contributed by atoms with van der Waals surface area (Å²) in [5.74, 6) is -2.02. The molecule has 7 nitrogen and oxygen atoms in total. The van der Waals surface area contributed by atoms with Gasteiger partial charge in [0.05, 0.1) is 11.5 Å². The number of para-hydroxylation sites is 1. The monoisotopic (exact) mass is 366 g/mol. The highest BCUT2D eigenvalue weighted by Gasteiger charge is 2.41. The lowest BCUT2D eigenvalue weighted by Gasteiger charge is -2.29. The Morgan fingerprint density at radius 3 is 2.67 bits per heavy atom. The van der Waals surface area contributed by atoms with E-state index >= 15 is 0 Å². The zero-order valence-electron chi connectivity index (χ0n) is 14.5. The van der Waals surface area contributed by atoms with Gasteiger partial charge in [0.15, 0.2) is 0 Å². The molecule has 2 aromatic rings. The van der Waals surface area contributed by atoms with Gasteiger partial charge in [-0.15, -0.1) is 0 Å². The van der Waals surface area contributed by atoms with E-state index in [0.717, 1.165) is 18.4 Å². The molecule has 1 amide bonds.